The summed E-state index contributed by atoms with van der Waals surface area (Å²) in [6, 6.07) is 14.9. The Morgan fingerprint density at radius 3 is 2.40 bits per heavy atom. The largest absolute Gasteiger partial charge is 0.497 e. The zero-order valence-corrected chi connectivity index (χ0v) is 21.1. The van der Waals surface area contributed by atoms with Crippen LogP contribution in [0.25, 0.3) is 0 Å². The fraction of sp³-hybridized carbons (Fsp3) is 0.370. The summed E-state index contributed by atoms with van der Waals surface area (Å²) in [4.78, 5) is 28.1. The number of rotatable bonds is 10. The Kier molecular flexibility index (Phi) is 8.30. The standard InChI is InChI=1S/C27H34N4O4/c1-18-25(19(2)35-30-18)26(33)31(17-27(3,4)16-28)15-21-8-6-7-9-23(21)29-24(32)14-20-10-12-22(34-5)13-11-20/h6-13H,14-17,28H2,1-5H3,(H,29,32). The molecule has 186 valence electrons. The van der Waals surface area contributed by atoms with E-state index in [2.05, 4.69) is 10.5 Å². The number of methoxy groups -OCH3 is 1. The van der Waals surface area contributed by atoms with Crippen molar-refractivity contribution >= 4 is 17.5 Å². The number of aromatic nitrogens is 1. The van der Waals surface area contributed by atoms with Gasteiger partial charge >= 0.3 is 0 Å². The number of aryl methyl sites for hydroxylation is 2. The number of benzene rings is 2. The highest BCUT2D eigenvalue weighted by atomic mass is 16.5. The van der Waals surface area contributed by atoms with Gasteiger partial charge in [-0.2, -0.15) is 0 Å². The molecule has 0 fully saturated rings. The fourth-order valence-electron chi connectivity index (χ4n) is 3.84. The number of hydrogen-bond acceptors (Lipinski definition) is 6. The minimum absolute atomic E-state index is 0.145. The van der Waals surface area contributed by atoms with Crippen LogP contribution >= 0.6 is 0 Å². The molecule has 2 aromatic carbocycles. The van der Waals surface area contributed by atoms with Gasteiger partial charge in [0.2, 0.25) is 5.91 Å². The van der Waals surface area contributed by atoms with E-state index in [4.69, 9.17) is 15.0 Å². The van der Waals surface area contributed by atoms with Gasteiger partial charge in [0.05, 0.1) is 19.2 Å². The van der Waals surface area contributed by atoms with Crippen molar-refractivity contribution in [3.63, 3.8) is 0 Å². The van der Waals surface area contributed by atoms with Crippen LogP contribution in [0, 0.1) is 19.3 Å². The average molecular weight is 479 g/mol. The van der Waals surface area contributed by atoms with E-state index in [0.717, 1.165) is 16.9 Å². The molecule has 3 rings (SSSR count). The first-order valence-electron chi connectivity index (χ1n) is 11.6. The molecule has 2 amide bonds. The van der Waals surface area contributed by atoms with Crippen LogP contribution in [0.2, 0.25) is 0 Å². The lowest BCUT2D eigenvalue weighted by molar-refractivity contribution is -0.115. The second-order valence-corrected chi connectivity index (χ2v) is 9.46. The Morgan fingerprint density at radius 2 is 1.80 bits per heavy atom. The monoisotopic (exact) mass is 478 g/mol. The number of nitrogens with two attached hydrogens (primary N) is 1. The summed E-state index contributed by atoms with van der Waals surface area (Å²) in [5.41, 5.74) is 9.04. The molecule has 0 atom stereocenters. The molecule has 0 aliphatic rings. The molecule has 0 spiro atoms. The van der Waals surface area contributed by atoms with Crippen LogP contribution in [0.5, 0.6) is 5.75 Å². The summed E-state index contributed by atoms with van der Waals surface area (Å²) < 4.78 is 10.4. The third kappa shape index (κ3) is 6.70. The highest BCUT2D eigenvalue weighted by molar-refractivity contribution is 5.96. The van der Waals surface area contributed by atoms with Gasteiger partial charge in [0.25, 0.3) is 5.91 Å². The second-order valence-electron chi connectivity index (χ2n) is 9.46. The van der Waals surface area contributed by atoms with Crippen LogP contribution in [0.15, 0.2) is 53.1 Å². The molecule has 0 radical (unpaired) electrons. The van der Waals surface area contributed by atoms with Crippen LogP contribution in [0.4, 0.5) is 5.69 Å². The fourth-order valence-corrected chi connectivity index (χ4v) is 3.84. The number of nitrogens with one attached hydrogen (secondary N) is 1. The third-order valence-corrected chi connectivity index (χ3v) is 5.88. The molecule has 1 heterocycles. The van der Waals surface area contributed by atoms with Crippen molar-refractivity contribution in [1.82, 2.24) is 10.1 Å². The number of anilines is 1. The SMILES string of the molecule is COc1ccc(CC(=O)Nc2ccccc2CN(CC(C)(C)CN)C(=O)c2c(C)noc2C)cc1. The molecular formula is C27H34N4O4. The van der Waals surface area contributed by atoms with Crippen molar-refractivity contribution in [1.29, 1.82) is 0 Å². The van der Waals surface area contributed by atoms with E-state index in [1.54, 1.807) is 25.9 Å². The second kappa shape index (κ2) is 11.2. The van der Waals surface area contributed by atoms with Gasteiger partial charge in [-0.3, -0.25) is 9.59 Å². The van der Waals surface area contributed by atoms with Crippen molar-refractivity contribution in [2.24, 2.45) is 11.1 Å². The maximum absolute atomic E-state index is 13.6. The smallest absolute Gasteiger partial charge is 0.259 e. The molecule has 3 N–H and O–H groups in total. The van der Waals surface area contributed by atoms with Crippen LogP contribution in [-0.4, -0.2) is 42.1 Å². The van der Waals surface area contributed by atoms with Gasteiger partial charge in [-0.05, 0) is 55.1 Å². The molecule has 8 nitrogen and oxygen atoms in total. The number of amides is 2. The average Bonchev–Trinajstić information content (AvgIpc) is 3.17. The molecule has 8 heteroatoms. The van der Waals surface area contributed by atoms with Crippen LogP contribution in [-0.2, 0) is 17.8 Å². The molecule has 3 aromatic rings. The van der Waals surface area contributed by atoms with Gasteiger partial charge in [0, 0.05) is 18.8 Å². The maximum Gasteiger partial charge on any atom is 0.259 e. The summed E-state index contributed by atoms with van der Waals surface area (Å²) in [6.07, 6.45) is 0.222. The molecule has 35 heavy (non-hydrogen) atoms. The van der Waals surface area contributed by atoms with Crippen molar-refractivity contribution in [3.05, 3.63) is 76.7 Å². The van der Waals surface area contributed by atoms with Gasteiger partial charge in [-0.15, -0.1) is 0 Å². The molecule has 0 bridgehead atoms. The van der Waals surface area contributed by atoms with E-state index < -0.39 is 0 Å². The molecule has 0 unspecified atom stereocenters. The Labute approximate surface area is 206 Å². The van der Waals surface area contributed by atoms with E-state index in [9.17, 15) is 9.59 Å². The molecule has 0 aliphatic heterocycles. The van der Waals surface area contributed by atoms with E-state index in [1.807, 2.05) is 62.4 Å². The molecule has 0 saturated heterocycles. The zero-order chi connectivity index (χ0) is 25.6. The van der Waals surface area contributed by atoms with Crippen LogP contribution < -0.4 is 15.8 Å². The highest BCUT2D eigenvalue weighted by Gasteiger charge is 2.29. The van der Waals surface area contributed by atoms with Crippen LogP contribution in [0.1, 0.15) is 46.8 Å². The maximum atomic E-state index is 13.6. The summed E-state index contributed by atoms with van der Waals surface area (Å²) in [5.74, 6) is 0.891. The predicted molar refractivity (Wildman–Crippen MR) is 135 cm³/mol. The first-order chi connectivity index (χ1) is 16.6. The lowest BCUT2D eigenvalue weighted by Gasteiger charge is -2.32. The topological polar surface area (TPSA) is 111 Å². The molecule has 0 aliphatic carbocycles. The van der Waals surface area contributed by atoms with E-state index >= 15 is 0 Å². The Morgan fingerprint density at radius 1 is 1.11 bits per heavy atom. The Hall–Kier alpha value is -3.65. The number of para-hydroxylation sites is 1. The van der Waals surface area contributed by atoms with E-state index in [-0.39, 0.29) is 23.7 Å². The number of ether oxygens (including phenoxy) is 1. The minimum Gasteiger partial charge on any atom is -0.497 e. The molecular weight excluding hydrogens is 444 g/mol. The van der Waals surface area contributed by atoms with Crippen molar-refractivity contribution < 1.29 is 18.8 Å². The lowest BCUT2D eigenvalue weighted by atomic mass is 9.92. The molecule has 0 saturated carbocycles. The normalized spacial score (nSPS) is 11.3. The van der Waals surface area contributed by atoms with E-state index in [1.165, 1.54) is 0 Å². The summed E-state index contributed by atoms with van der Waals surface area (Å²) in [6.45, 7) is 8.66. The highest BCUT2D eigenvalue weighted by Crippen LogP contribution is 2.25. The Bertz CT molecular complexity index is 1150. The Balaban J connectivity index is 1.82. The minimum atomic E-state index is -0.304. The lowest BCUT2D eigenvalue weighted by Crippen LogP contribution is -2.42. The zero-order valence-electron chi connectivity index (χ0n) is 21.1. The summed E-state index contributed by atoms with van der Waals surface area (Å²) in [5, 5.41) is 6.94. The van der Waals surface area contributed by atoms with Gasteiger partial charge in [-0.1, -0.05) is 49.3 Å². The number of nitrogens with zero attached hydrogens (tertiary/aromatic N) is 2. The summed E-state index contributed by atoms with van der Waals surface area (Å²) >= 11 is 0. The molecule has 1 aromatic heterocycles. The summed E-state index contributed by atoms with van der Waals surface area (Å²) in [7, 11) is 1.60. The predicted octanol–water partition coefficient (Wildman–Crippen LogP) is 4.11. The number of hydrogen-bond donors (Lipinski definition) is 2. The quantitative estimate of drug-likeness (QED) is 0.454. The third-order valence-electron chi connectivity index (χ3n) is 5.88. The van der Waals surface area contributed by atoms with Crippen molar-refractivity contribution in [2.75, 3.05) is 25.5 Å². The number of carbonyl (C=O) groups excluding carboxylic acids is 2. The van der Waals surface area contributed by atoms with Gasteiger partial charge in [0.1, 0.15) is 17.1 Å². The van der Waals surface area contributed by atoms with Crippen molar-refractivity contribution in [2.45, 2.75) is 40.7 Å². The number of carbonyl (C=O) groups is 2. The van der Waals surface area contributed by atoms with Gasteiger partial charge in [0.15, 0.2) is 0 Å². The van der Waals surface area contributed by atoms with Gasteiger partial charge in [-0.25, -0.2) is 0 Å². The van der Waals surface area contributed by atoms with Gasteiger partial charge < -0.3 is 25.2 Å². The van der Waals surface area contributed by atoms with Crippen LogP contribution in [0.3, 0.4) is 0 Å². The first kappa shape index (κ1) is 26.0. The van der Waals surface area contributed by atoms with Crippen molar-refractivity contribution in [3.8, 4) is 5.75 Å². The first-order valence-corrected chi connectivity index (χ1v) is 11.6. The van der Waals surface area contributed by atoms with E-state index in [0.29, 0.717) is 42.3 Å².